The molecule has 0 rings (SSSR count). The second-order valence-corrected chi connectivity index (χ2v) is 13.9. The third-order valence-corrected chi connectivity index (χ3v) is 10.1. The van der Waals surface area contributed by atoms with Gasteiger partial charge in [0.15, 0.2) is 0 Å². The van der Waals surface area contributed by atoms with Gasteiger partial charge in [0.25, 0.3) is 0 Å². The van der Waals surface area contributed by atoms with Crippen LogP contribution >= 0.6 is 0 Å². The summed E-state index contributed by atoms with van der Waals surface area (Å²) in [4.78, 5) is 10.4. The summed E-state index contributed by atoms with van der Waals surface area (Å²) in [6, 6.07) is 0. The fraction of sp³-hybridized carbons (Fsp3) is 0.900. The first-order chi connectivity index (χ1) is 16.2. The Labute approximate surface area is 219 Å². The Morgan fingerprint density at radius 1 is 0.545 bits per heavy atom. The van der Waals surface area contributed by atoms with Crippen molar-refractivity contribution in [2.75, 3.05) is 0 Å². The van der Waals surface area contributed by atoms with Gasteiger partial charge in [0.1, 0.15) is 0 Å². The van der Waals surface area contributed by atoms with Gasteiger partial charge in [-0.25, -0.2) is 0 Å². The van der Waals surface area contributed by atoms with Crippen LogP contribution in [-0.2, 0) is 4.79 Å². The van der Waals surface area contributed by atoms with E-state index in [0.29, 0.717) is 6.42 Å². The molecule has 0 saturated heterocycles. The van der Waals surface area contributed by atoms with E-state index in [1.807, 2.05) is 0 Å². The average Bonchev–Trinajstić information content (AvgIpc) is 2.81. The molecule has 0 aliphatic rings. The molecule has 196 valence electrons. The molecule has 0 aliphatic carbocycles. The van der Waals surface area contributed by atoms with Crippen molar-refractivity contribution in [3.63, 3.8) is 0 Å². The molecule has 2 radical (unpaired) electrons. The van der Waals surface area contributed by atoms with E-state index in [4.69, 9.17) is 5.11 Å². The first kappa shape index (κ1) is 35.2. The molecular formula is C30H60O2Sn. The summed E-state index contributed by atoms with van der Waals surface area (Å²) in [7, 11) is 0. The predicted molar refractivity (Wildman–Crippen MR) is 151 cm³/mol. The van der Waals surface area contributed by atoms with E-state index in [0.717, 1.165) is 12.8 Å². The Morgan fingerprint density at radius 3 is 1.30 bits per heavy atom. The zero-order chi connectivity index (χ0) is 24.7. The van der Waals surface area contributed by atoms with Crippen LogP contribution in [0.2, 0.25) is 8.87 Å². The van der Waals surface area contributed by atoms with E-state index in [1.165, 1.54) is 122 Å². The third-order valence-electron chi connectivity index (χ3n) is 6.07. The molecule has 33 heavy (non-hydrogen) atoms. The molecule has 0 aromatic heterocycles. The summed E-state index contributed by atoms with van der Waals surface area (Å²) in [5.41, 5.74) is 0. The van der Waals surface area contributed by atoms with Crippen LogP contribution in [0, 0.1) is 0 Å². The maximum atomic E-state index is 10.4. The Hall–Kier alpha value is 0.00870. The van der Waals surface area contributed by atoms with E-state index < -0.39 is 5.97 Å². The molecule has 0 spiro atoms. The number of hydrogen-bond donors (Lipinski definition) is 1. The molecule has 0 bridgehead atoms. The van der Waals surface area contributed by atoms with E-state index >= 15 is 0 Å². The van der Waals surface area contributed by atoms with Crippen LogP contribution in [0.4, 0.5) is 0 Å². The Balaban J connectivity index is 0. The van der Waals surface area contributed by atoms with Crippen LogP contribution in [-0.4, -0.2) is 32.2 Å². The standard InChI is InChI=1S/C22H42O2.2C4H9.Sn/c1-2-3-4-5-6-7-8-9-10-11-12-13-14-15-16-17-18-19-20-21-22(23)24;2*1-3-4-2;/h9-10H,2-8,11-21H2,1H3,(H,23,24);2*1,3-4H2,2H3;/b10-9-;;;. The average molecular weight is 572 g/mol. The molecule has 0 heterocycles. The van der Waals surface area contributed by atoms with Crippen molar-refractivity contribution in [1.82, 2.24) is 0 Å². The van der Waals surface area contributed by atoms with Gasteiger partial charge in [-0.05, 0) is 32.1 Å². The monoisotopic (exact) mass is 572 g/mol. The number of carbonyl (C=O) groups is 1. The van der Waals surface area contributed by atoms with Crippen LogP contribution in [0.5, 0.6) is 0 Å². The van der Waals surface area contributed by atoms with Crippen molar-refractivity contribution in [2.45, 2.75) is 171 Å². The van der Waals surface area contributed by atoms with Gasteiger partial charge >= 0.3 is 75.5 Å². The molecule has 0 amide bonds. The van der Waals surface area contributed by atoms with E-state index in [9.17, 15) is 4.79 Å². The molecule has 0 saturated carbocycles. The van der Waals surface area contributed by atoms with Gasteiger partial charge in [0.05, 0.1) is 0 Å². The van der Waals surface area contributed by atoms with Crippen molar-refractivity contribution < 1.29 is 9.90 Å². The second kappa shape index (κ2) is 34.2. The van der Waals surface area contributed by atoms with Gasteiger partial charge in [0.2, 0.25) is 0 Å². The fourth-order valence-corrected chi connectivity index (χ4v) is 7.94. The summed E-state index contributed by atoms with van der Waals surface area (Å²) in [6.07, 6.45) is 33.0. The zero-order valence-electron chi connectivity index (χ0n) is 23.0. The SMILES string of the molecule is CCCCCCCC/C=C\CCCCCCCCCCCC(=O)O.CCC[CH2][Sn][CH2]CCC. The minimum atomic E-state index is -0.656. The number of hydrogen-bond acceptors (Lipinski definition) is 1. The second-order valence-electron chi connectivity index (χ2n) is 9.60. The number of rotatable bonds is 25. The summed E-state index contributed by atoms with van der Waals surface area (Å²) in [6.45, 7) is 6.85. The minimum absolute atomic E-state index is 0.149. The number of aliphatic carboxylic acids is 1. The summed E-state index contributed by atoms with van der Waals surface area (Å²) in [5, 5.41) is 8.55. The fourth-order valence-electron chi connectivity index (χ4n) is 3.78. The van der Waals surface area contributed by atoms with Crippen LogP contribution in [0.25, 0.3) is 0 Å². The van der Waals surface area contributed by atoms with Crippen LogP contribution in [0.3, 0.4) is 0 Å². The van der Waals surface area contributed by atoms with Crippen LogP contribution < -0.4 is 0 Å². The molecule has 0 aliphatic heterocycles. The molecule has 1 N–H and O–H groups in total. The first-order valence-electron chi connectivity index (χ1n) is 14.8. The summed E-state index contributed by atoms with van der Waals surface area (Å²) < 4.78 is 3.25. The Bertz CT molecular complexity index is 375. The normalized spacial score (nSPS) is 11.0. The van der Waals surface area contributed by atoms with Crippen molar-refractivity contribution in [3.05, 3.63) is 12.2 Å². The molecule has 0 atom stereocenters. The summed E-state index contributed by atoms with van der Waals surface area (Å²) >= 11 is 0.149. The molecule has 0 aromatic carbocycles. The van der Waals surface area contributed by atoms with Gasteiger partial charge in [-0.15, -0.1) is 0 Å². The number of allylic oxidation sites excluding steroid dienone is 2. The third kappa shape index (κ3) is 39.5. The molecule has 2 nitrogen and oxygen atoms in total. The predicted octanol–water partition coefficient (Wildman–Crippen LogP) is 10.8. The van der Waals surface area contributed by atoms with E-state index in [1.54, 1.807) is 8.87 Å². The number of carboxylic acid groups (broad SMARTS) is 1. The van der Waals surface area contributed by atoms with Crippen LogP contribution in [0.1, 0.15) is 162 Å². The quantitative estimate of drug-likeness (QED) is 0.0672. The van der Waals surface area contributed by atoms with Gasteiger partial charge in [-0.1, -0.05) is 96.1 Å². The Kier molecular flexibility index (Phi) is 36.4. The Morgan fingerprint density at radius 2 is 0.909 bits per heavy atom. The molecular weight excluding hydrogens is 511 g/mol. The number of unbranched alkanes of at least 4 members (excludes halogenated alkanes) is 17. The molecule has 3 heteroatoms. The van der Waals surface area contributed by atoms with Gasteiger partial charge in [-0.3, -0.25) is 4.79 Å². The first-order valence-corrected chi connectivity index (χ1v) is 18.8. The van der Waals surface area contributed by atoms with Crippen molar-refractivity contribution in [3.8, 4) is 0 Å². The zero-order valence-corrected chi connectivity index (χ0v) is 25.8. The van der Waals surface area contributed by atoms with Crippen molar-refractivity contribution in [1.29, 1.82) is 0 Å². The number of carboxylic acids is 1. The van der Waals surface area contributed by atoms with Crippen molar-refractivity contribution in [2.24, 2.45) is 0 Å². The summed E-state index contributed by atoms with van der Waals surface area (Å²) in [5.74, 6) is -0.656. The molecule has 0 fully saturated rings. The van der Waals surface area contributed by atoms with E-state index in [2.05, 4.69) is 32.9 Å². The van der Waals surface area contributed by atoms with Crippen molar-refractivity contribution >= 4 is 27.1 Å². The van der Waals surface area contributed by atoms with Gasteiger partial charge < -0.3 is 5.11 Å². The van der Waals surface area contributed by atoms with Gasteiger partial charge in [-0.2, -0.15) is 0 Å². The topological polar surface area (TPSA) is 37.3 Å². The molecule has 0 aromatic rings. The van der Waals surface area contributed by atoms with E-state index in [-0.39, 0.29) is 21.1 Å². The van der Waals surface area contributed by atoms with Gasteiger partial charge in [0, 0.05) is 6.42 Å². The van der Waals surface area contributed by atoms with Crippen LogP contribution in [0.15, 0.2) is 12.2 Å². The molecule has 0 unspecified atom stereocenters. The maximum absolute atomic E-state index is 10.4.